The third-order valence-electron chi connectivity index (χ3n) is 13.5. The lowest BCUT2D eigenvalue weighted by molar-refractivity contribution is 0.996. The number of benzene rings is 11. The van der Waals surface area contributed by atoms with Gasteiger partial charge in [-0.2, -0.15) is 0 Å². The van der Waals surface area contributed by atoms with Crippen LogP contribution in [-0.2, 0) is 12.8 Å². The van der Waals surface area contributed by atoms with Gasteiger partial charge in [0.15, 0.2) is 0 Å². The number of allylic oxidation sites excluding steroid dienone is 4. The molecule has 0 radical (unpaired) electrons. The van der Waals surface area contributed by atoms with Crippen molar-refractivity contribution in [1.29, 1.82) is 0 Å². The molecular formula is C58H38. The van der Waals surface area contributed by atoms with E-state index in [9.17, 15) is 0 Å². The molecule has 0 N–H and O–H groups in total. The van der Waals surface area contributed by atoms with Crippen LogP contribution in [0.3, 0.4) is 0 Å². The Labute approximate surface area is 337 Å². The molecule has 0 heteroatoms. The van der Waals surface area contributed by atoms with Gasteiger partial charge in [-0.25, -0.2) is 0 Å². The summed E-state index contributed by atoms with van der Waals surface area (Å²) in [6.07, 6.45) is 9.00. The highest BCUT2D eigenvalue weighted by Crippen LogP contribution is 2.43. The van der Waals surface area contributed by atoms with Crippen molar-refractivity contribution in [3.05, 3.63) is 215 Å². The van der Waals surface area contributed by atoms with E-state index in [0.717, 1.165) is 25.7 Å². The monoisotopic (exact) mass is 734 g/mol. The Morgan fingerprint density at radius 3 is 1.47 bits per heavy atom. The first-order valence-corrected chi connectivity index (χ1v) is 20.8. The molecule has 0 spiro atoms. The molecule has 13 rings (SSSR count). The summed E-state index contributed by atoms with van der Waals surface area (Å²) in [7, 11) is 0. The van der Waals surface area contributed by atoms with Crippen molar-refractivity contribution in [2.75, 3.05) is 0 Å². The van der Waals surface area contributed by atoms with Crippen LogP contribution in [0.5, 0.6) is 0 Å². The summed E-state index contributed by atoms with van der Waals surface area (Å²) in [5.74, 6) is 0. The zero-order valence-electron chi connectivity index (χ0n) is 32.1. The summed E-state index contributed by atoms with van der Waals surface area (Å²) in [6.45, 7) is 0. The molecule has 0 atom stereocenters. The van der Waals surface area contributed by atoms with Gasteiger partial charge in [0.05, 0.1) is 0 Å². The molecule has 0 unspecified atom stereocenters. The normalized spacial score (nSPS) is 14.1. The fourth-order valence-corrected chi connectivity index (χ4v) is 10.7. The van der Waals surface area contributed by atoms with E-state index in [4.69, 9.17) is 0 Å². The molecule has 11 aromatic rings. The molecule has 58 heavy (non-hydrogen) atoms. The van der Waals surface area contributed by atoms with Crippen LogP contribution in [0.2, 0.25) is 0 Å². The smallest absolute Gasteiger partial charge is 0.00198 e. The standard InChI is InChI=1S/C58H38/c1-5-35-13-15-39-21-25-51(53-27-23-37(7-1)55(35)57(39)53)47-11-3-9-41(29-47)43-17-19-45-34-50-32-44(18-20-46(50)33-49(45)31-43)42-10-4-12-48(30-42)52-26-22-40-16-14-36-6-2-8-38-24-28-54(52)58(40)56(36)38/h1-3,5-9,11-32H,4,10,33-34H2. The summed E-state index contributed by atoms with van der Waals surface area (Å²) in [5.41, 5.74) is 16.4. The van der Waals surface area contributed by atoms with Crippen LogP contribution < -0.4 is 0 Å². The van der Waals surface area contributed by atoms with Crippen molar-refractivity contribution in [1.82, 2.24) is 0 Å². The molecule has 0 saturated heterocycles. The van der Waals surface area contributed by atoms with Crippen molar-refractivity contribution < 1.29 is 0 Å². The summed E-state index contributed by atoms with van der Waals surface area (Å²) in [4.78, 5) is 0. The molecule has 0 fully saturated rings. The minimum Gasteiger partial charge on any atom is -0.0763 e. The number of rotatable bonds is 4. The Morgan fingerprint density at radius 1 is 0.328 bits per heavy atom. The maximum atomic E-state index is 2.49. The number of hydrogen-bond acceptors (Lipinski definition) is 0. The van der Waals surface area contributed by atoms with Crippen LogP contribution in [-0.4, -0.2) is 0 Å². The van der Waals surface area contributed by atoms with E-state index >= 15 is 0 Å². The van der Waals surface area contributed by atoms with E-state index in [1.807, 2.05) is 0 Å². The van der Waals surface area contributed by atoms with Gasteiger partial charge in [-0.05, 0) is 163 Å². The van der Waals surface area contributed by atoms with Gasteiger partial charge in [0.2, 0.25) is 0 Å². The van der Waals surface area contributed by atoms with E-state index in [-0.39, 0.29) is 0 Å². The van der Waals surface area contributed by atoms with E-state index in [1.165, 1.54) is 131 Å². The van der Waals surface area contributed by atoms with Crippen LogP contribution in [0.4, 0.5) is 0 Å². The fourth-order valence-electron chi connectivity index (χ4n) is 10.7. The van der Waals surface area contributed by atoms with Gasteiger partial charge in [-0.1, -0.05) is 176 Å². The van der Waals surface area contributed by atoms with Crippen molar-refractivity contribution in [3.8, 4) is 22.3 Å². The third-order valence-corrected chi connectivity index (χ3v) is 13.5. The lowest BCUT2D eigenvalue weighted by Gasteiger charge is -2.23. The Morgan fingerprint density at radius 2 is 0.810 bits per heavy atom. The van der Waals surface area contributed by atoms with Crippen LogP contribution >= 0.6 is 0 Å². The van der Waals surface area contributed by atoms with E-state index in [2.05, 4.69) is 182 Å². The molecule has 270 valence electrons. The van der Waals surface area contributed by atoms with E-state index < -0.39 is 0 Å². The van der Waals surface area contributed by atoms with Crippen LogP contribution in [0.15, 0.2) is 182 Å². The van der Waals surface area contributed by atoms with Crippen LogP contribution in [0.25, 0.3) is 98.0 Å². The second-order valence-electron chi connectivity index (χ2n) is 16.7. The third kappa shape index (κ3) is 4.82. The summed E-state index contributed by atoms with van der Waals surface area (Å²) < 4.78 is 0. The lowest BCUT2D eigenvalue weighted by Crippen LogP contribution is -2.08. The molecule has 11 aromatic carbocycles. The molecule has 0 bridgehead atoms. The molecule has 0 amide bonds. The van der Waals surface area contributed by atoms with Gasteiger partial charge in [0.25, 0.3) is 0 Å². The zero-order chi connectivity index (χ0) is 37.9. The fraction of sp³-hybridized carbons (Fsp3) is 0.0690. The Balaban J connectivity index is 0.808. The zero-order valence-corrected chi connectivity index (χ0v) is 32.1. The summed E-state index contributed by atoms with van der Waals surface area (Å²) >= 11 is 0. The lowest BCUT2D eigenvalue weighted by atomic mass is 9.82. The van der Waals surface area contributed by atoms with Crippen molar-refractivity contribution >= 4 is 75.8 Å². The number of hydrogen-bond donors (Lipinski definition) is 0. The Kier molecular flexibility index (Phi) is 6.77. The van der Waals surface area contributed by atoms with Gasteiger partial charge in [-0.3, -0.25) is 0 Å². The molecule has 2 aliphatic carbocycles. The maximum Gasteiger partial charge on any atom is -0.00198 e. The first kappa shape index (κ1) is 32.1. The number of fused-ring (bicyclic) bond motifs is 2. The van der Waals surface area contributed by atoms with Gasteiger partial charge < -0.3 is 0 Å². The summed E-state index contributed by atoms with van der Waals surface area (Å²) in [6, 6.07) is 64.5. The average Bonchev–Trinajstić information content (AvgIpc) is 3.29. The molecule has 0 aromatic heterocycles. The topological polar surface area (TPSA) is 0 Å². The first-order valence-electron chi connectivity index (χ1n) is 20.8. The van der Waals surface area contributed by atoms with Crippen LogP contribution in [0.1, 0.15) is 46.2 Å². The highest BCUT2D eigenvalue weighted by Gasteiger charge is 2.20. The highest BCUT2D eigenvalue weighted by atomic mass is 14.2. The van der Waals surface area contributed by atoms with E-state index in [1.54, 1.807) is 0 Å². The molecule has 0 heterocycles. The second kappa shape index (κ2) is 12.2. The predicted molar refractivity (Wildman–Crippen MR) is 248 cm³/mol. The Bertz CT molecular complexity index is 3520. The van der Waals surface area contributed by atoms with Gasteiger partial charge in [0, 0.05) is 0 Å². The van der Waals surface area contributed by atoms with Crippen molar-refractivity contribution in [2.24, 2.45) is 0 Å². The Hall–Kier alpha value is -7.02. The minimum atomic E-state index is 0.973. The predicted octanol–water partition coefficient (Wildman–Crippen LogP) is 15.6. The van der Waals surface area contributed by atoms with Gasteiger partial charge >= 0.3 is 0 Å². The molecule has 0 saturated carbocycles. The second-order valence-corrected chi connectivity index (χ2v) is 16.7. The maximum absolute atomic E-state index is 2.49. The molecular weight excluding hydrogens is 697 g/mol. The molecule has 2 aliphatic rings. The highest BCUT2D eigenvalue weighted by molar-refractivity contribution is 6.26. The quantitative estimate of drug-likeness (QED) is 0.158. The average molecular weight is 735 g/mol. The van der Waals surface area contributed by atoms with E-state index in [0.29, 0.717) is 0 Å². The largest absolute Gasteiger partial charge is 0.0763 e. The van der Waals surface area contributed by atoms with Gasteiger partial charge in [0.1, 0.15) is 0 Å². The summed E-state index contributed by atoms with van der Waals surface area (Å²) in [5, 5.41) is 16.1. The minimum absolute atomic E-state index is 0.973. The van der Waals surface area contributed by atoms with Gasteiger partial charge in [-0.15, -0.1) is 0 Å². The van der Waals surface area contributed by atoms with Crippen LogP contribution in [0, 0.1) is 0 Å². The van der Waals surface area contributed by atoms with Crippen molar-refractivity contribution in [3.63, 3.8) is 0 Å². The first-order chi connectivity index (χ1) is 28.7. The molecule has 0 nitrogen and oxygen atoms in total. The van der Waals surface area contributed by atoms with Crippen molar-refractivity contribution in [2.45, 2.75) is 25.7 Å². The SMILES string of the molecule is C1=C(c2ccc3c(c2)Cc2ccc(-c4cccc(-c5ccc6ccc7cccc8ccc5c6c78)c4)cc2C3)CCC=C1c1ccc2ccc3cccc4ccc1c2c34. The molecule has 0 aliphatic heterocycles.